The zero-order valence-corrected chi connectivity index (χ0v) is 11.4. The van der Waals surface area contributed by atoms with Crippen molar-refractivity contribution < 1.29 is 5.11 Å². The normalized spacial score (nSPS) is 14.2. The van der Waals surface area contributed by atoms with E-state index in [0.717, 1.165) is 16.6 Å². The number of nitrogens with one attached hydrogen (secondary N) is 1. The van der Waals surface area contributed by atoms with Crippen molar-refractivity contribution in [1.29, 1.82) is 0 Å². The average molecular weight is 243 g/mol. The molecule has 0 bridgehead atoms. The molecular formula is C11H21N3OS. The van der Waals surface area contributed by atoms with E-state index < -0.39 is 5.60 Å². The summed E-state index contributed by atoms with van der Waals surface area (Å²) < 4.78 is 0. The van der Waals surface area contributed by atoms with Gasteiger partial charge in [0.1, 0.15) is 5.01 Å². The fourth-order valence-electron chi connectivity index (χ4n) is 1.11. The minimum Gasteiger partial charge on any atom is -0.388 e. The lowest BCUT2D eigenvalue weighted by Gasteiger charge is -2.26. The van der Waals surface area contributed by atoms with Gasteiger partial charge in [0.25, 0.3) is 0 Å². The Kier molecular flexibility index (Phi) is 4.27. The summed E-state index contributed by atoms with van der Waals surface area (Å²) in [6, 6.07) is -0.0488. The van der Waals surface area contributed by atoms with E-state index in [1.54, 1.807) is 25.2 Å². The van der Waals surface area contributed by atoms with Crippen molar-refractivity contribution in [2.45, 2.75) is 52.7 Å². The Labute approximate surface area is 101 Å². The van der Waals surface area contributed by atoms with Gasteiger partial charge in [-0.15, -0.1) is 10.2 Å². The van der Waals surface area contributed by atoms with Crippen LogP contribution in [0.15, 0.2) is 0 Å². The molecule has 0 aliphatic heterocycles. The Morgan fingerprint density at radius 3 is 2.44 bits per heavy atom. The van der Waals surface area contributed by atoms with Crippen LogP contribution in [0.1, 0.15) is 39.6 Å². The van der Waals surface area contributed by atoms with Crippen molar-refractivity contribution in [3.63, 3.8) is 0 Å². The Morgan fingerprint density at radius 2 is 1.94 bits per heavy atom. The van der Waals surface area contributed by atoms with Gasteiger partial charge in [0, 0.05) is 6.42 Å². The molecule has 0 spiro atoms. The lowest BCUT2D eigenvalue weighted by atomic mass is 10.0. The van der Waals surface area contributed by atoms with E-state index in [0.29, 0.717) is 5.92 Å². The summed E-state index contributed by atoms with van der Waals surface area (Å²) in [5.41, 5.74) is -0.760. The fourth-order valence-corrected chi connectivity index (χ4v) is 2.14. The molecule has 92 valence electrons. The largest absolute Gasteiger partial charge is 0.388 e. The van der Waals surface area contributed by atoms with Crippen LogP contribution in [0.4, 0.5) is 5.13 Å². The standard InChI is InChI=1S/C11H21N3OS/c1-7(2)6-9-13-14-10(16-9)12-8(3)11(4,5)15/h7-8,15H,6H2,1-5H3,(H,12,14). The highest BCUT2D eigenvalue weighted by Crippen LogP contribution is 2.21. The first-order valence-electron chi connectivity index (χ1n) is 5.60. The maximum Gasteiger partial charge on any atom is 0.205 e. The van der Waals surface area contributed by atoms with Crippen LogP contribution in [-0.2, 0) is 6.42 Å². The molecule has 0 aliphatic carbocycles. The van der Waals surface area contributed by atoms with E-state index in [1.165, 1.54) is 0 Å². The van der Waals surface area contributed by atoms with Crippen LogP contribution in [0.5, 0.6) is 0 Å². The van der Waals surface area contributed by atoms with Crippen molar-refractivity contribution in [3.8, 4) is 0 Å². The monoisotopic (exact) mass is 243 g/mol. The number of aromatic nitrogens is 2. The Bertz CT molecular complexity index is 330. The van der Waals surface area contributed by atoms with Gasteiger partial charge in [-0.1, -0.05) is 25.2 Å². The summed E-state index contributed by atoms with van der Waals surface area (Å²) in [4.78, 5) is 0. The summed E-state index contributed by atoms with van der Waals surface area (Å²) in [6.45, 7) is 9.81. The zero-order chi connectivity index (χ0) is 12.3. The summed E-state index contributed by atoms with van der Waals surface area (Å²) in [6.07, 6.45) is 0.955. The second-order valence-electron chi connectivity index (χ2n) is 5.12. The molecule has 4 nitrogen and oxygen atoms in total. The van der Waals surface area contributed by atoms with E-state index in [2.05, 4.69) is 29.4 Å². The van der Waals surface area contributed by atoms with Gasteiger partial charge in [0.2, 0.25) is 5.13 Å². The molecule has 0 fully saturated rings. The summed E-state index contributed by atoms with van der Waals surface area (Å²) in [5.74, 6) is 0.590. The highest BCUT2D eigenvalue weighted by Gasteiger charge is 2.23. The second kappa shape index (κ2) is 5.10. The molecule has 0 saturated carbocycles. The van der Waals surface area contributed by atoms with Crippen molar-refractivity contribution in [2.75, 3.05) is 5.32 Å². The summed E-state index contributed by atoms with van der Waals surface area (Å²) in [7, 11) is 0. The minimum atomic E-state index is -0.760. The van der Waals surface area contributed by atoms with E-state index in [-0.39, 0.29) is 6.04 Å². The number of rotatable bonds is 5. The highest BCUT2D eigenvalue weighted by atomic mass is 32.1. The van der Waals surface area contributed by atoms with Crippen LogP contribution in [0.3, 0.4) is 0 Å². The van der Waals surface area contributed by atoms with Crippen LogP contribution in [0.2, 0.25) is 0 Å². The molecule has 1 heterocycles. The number of aliphatic hydroxyl groups is 1. The number of nitrogens with zero attached hydrogens (tertiary/aromatic N) is 2. The van der Waals surface area contributed by atoms with Gasteiger partial charge in [-0.25, -0.2) is 0 Å². The van der Waals surface area contributed by atoms with Crippen molar-refractivity contribution >= 4 is 16.5 Å². The number of anilines is 1. The number of hydrogen-bond acceptors (Lipinski definition) is 5. The molecule has 0 aliphatic rings. The van der Waals surface area contributed by atoms with Crippen LogP contribution in [0.25, 0.3) is 0 Å². The predicted octanol–water partition coefficient (Wildman–Crippen LogP) is 2.31. The average Bonchev–Trinajstić information content (AvgIpc) is 2.49. The molecule has 1 aromatic rings. The molecule has 1 atom stereocenters. The van der Waals surface area contributed by atoms with E-state index in [9.17, 15) is 5.11 Å². The van der Waals surface area contributed by atoms with Gasteiger partial charge >= 0.3 is 0 Å². The van der Waals surface area contributed by atoms with Crippen molar-refractivity contribution in [2.24, 2.45) is 5.92 Å². The molecule has 0 saturated heterocycles. The topological polar surface area (TPSA) is 58.0 Å². The maximum absolute atomic E-state index is 9.79. The van der Waals surface area contributed by atoms with Gasteiger partial charge in [0.15, 0.2) is 0 Å². The first-order valence-corrected chi connectivity index (χ1v) is 6.42. The molecule has 5 heteroatoms. The molecule has 16 heavy (non-hydrogen) atoms. The maximum atomic E-state index is 9.79. The first kappa shape index (κ1) is 13.4. The lowest BCUT2D eigenvalue weighted by molar-refractivity contribution is 0.0649. The number of hydrogen-bond donors (Lipinski definition) is 2. The predicted molar refractivity (Wildman–Crippen MR) is 67.8 cm³/mol. The van der Waals surface area contributed by atoms with Crippen LogP contribution >= 0.6 is 11.3 Å². The highest BCUT2D eigenvalue weighted by molar-refractivity contribution is 7.15. The summed E-state index contributed by atoms with van der Waals surface area (Å²) >= 11 is 1.56. The van der Waals surface area contributed by atoms with E-state index >= 15 is 0 Å². The quantitative estimate of drug-likeness (QED) is 0.833. The molecule has 1 aromatic heterocycles. The smallest absolute Gasteiger partial charge is 0.205 e. The third-order valence-electron chi connectivity index (χ3n) is 2.45. The Morgan fingerprint density at radius 1 is 1.31 bits per heavy atom. The first-order chi connectivity index (χ1) is 7.29. The zero-order valence-electron chi connectivity index (χ0n) is 10.6. The molecule has 0 aromatic carbocycles. The fraction of sp³-hybridized carbons (Fsp3) is 0.818. The molecule has 2 N–H and O–H groups in total. The SMILES string of the molecule is CC(C)Cc1nnc(NC(C)C(C)(C)O)s1. The Balaban J connectivity index is 2.58. The van der Waals surface area contributed by atoms with Gasteiger partial charge in [-0.05, 0) is 26.7 Å². The molecule has 1 rings (SSSR count). The molecule has 1 unspecified atom stereocenters. The van der Waals surface area contributed by atoms with Crippen molar-refractivity contribution in [1.82, 2.24) is 10.2 Å². The second-order valence-corrected chi connectivity index (χ2v) is 6.18. The third kappa shape index (κ3) is 4.06. The van der Waals surface area contributed by atoms with E-state index in [4.69, 9.17) is 0 Å². The van der Waals surface area contributed by atoms with Gasteiger partial charge < -0.3 is 10.4 Å². The van der Waals surface area contributed by atoms with Gasteiger partial charge in [-0.3, -0.25) is 0 Å². The van der Waals surface area contributed by atoms with Gasteiger partial charge in [-0.2, -0.15) is 0 Å². The van der Waals surface area contributed by atoms with E-state index in [1.807, 2.05) is 6.92 Å². The van der Waals surface area contributed by atoms with Crippen LogP contribution < -0.4 is 5.32 Å². The third-order valence-corrected chi connectivity index (χ3v) is 3.33. The minimum absolute atomic E-state index is 0.0488. The molecular weight excluding hydrogens is 222 g/mol. The lowest BCUT2D eigenvalue weighted by Crippen LogP contribution is -2.39. The van der Waals surface area contributed by atoms with Crippen molar-refractivity contribution in [3.05, 3.63) is 5.01 Å². The molecule has 0 amide bonds. The van der Waals surface area contributed by atoms with Gasteiger partial charge in [0.05, 0.1) is 11.6 Å². The van der Waals surface area contributed by atoms with Crippen LogP contribution in [-0.4, -0.2) is 26.9 Å². The summed E-state index contributed by atoms with van der Waals surface area (Å²) in [5, 5.41) is 23.0. The Hall–Kier alpha value is -0.680. The van der Waals surface area contributed by atoms with Crippen LogP contribution in [0, 0.1) is 5.92 Å². The molecule has 0 radical (unpaired) electrons.